The standard InChI is InChI=1S/C10H16ClN3S/c1-7-12-13-10(15-7)14(2)9-6-4-3-5-8(9)11/h8-9H,3-6H2,1-2H3. The average molecular weight is 246 g/mol. The summed E-state index contributed by atoms with van der Waals surface area (Å²) in [6.45, 7) is 1.98. The first-order chi connectivity index (χ1) is 7.18. The van der Waals surface area contributed by atoms with Gasteiger partial charge in [-0.15, -0.1) is 21.8 Å². The van der Waals surface area contributed by atoms with Crippen molar-refractivity contribution >= 4 is 28.1 Å². The molecular formula is C10H16ClN3S. The van der Waals surface area contributed by atoms with Gasteiger partial charge in [-0.3, -0.25) is 0 Å². The molecule has 1 aromatic rings. The van der Waals surface area contributed by atoms with E-state index in [0.717, 1.165) is 16.6 Å². The maximum atomic E-state index is 6.35. The van der Waals surface area contributed by atoms with Gasteiger partial charge < -0.3 is 4.90 Å². The first-order valence-electron chi connectivity index (χ1n) is 5.35. The fraction of sp³-hybridized carbons (Fsp3) is 0.800. The van der Waals surface area contributed by atoms with Crippen molar-refractivity contribution in [2.45, 2.75) is 44.0 Å². The molecule has 0 spiro atoms. The second-order valence-electron chi connectivity index (χ2n) is 4.08. The van der Waals surface area contributed by atoms with Gasteiger partial charge in [0.2, 0.25) is 5.13 Å². The molecule has 1 aliphatic carbocycles. The van der Waals surface area contributed by atoms with Gasteiger partial charge in [-0.05, 0) is 19.8 Å². The summed E-state index contributed by atoms with van der Waals surface area (Å²) in [4.78, 5) is 2.20. The van der Waals surface area contributed by atoms with Crippen LogP contribution < -0.4 is 4.90 Å². The van der Waals surface area contributed by atoms with Crippen molar-refractivity contribution in [1.29, 1.82) is 0 Å². The summed E-state index contributed by atoms with van der Waals surface area (Å²) in [5.41, 5.74) is 0. The maximum absolute atomic E-state index is 6.35. The smallest absolute Gasteiger partial charge is 0.208 e. The van der Waals surface area contributed by atoms with Gasteiger partial charge in [-0.2, -0.15) is 0 Å². The van der Waals surface area contributed by atoms with Crippen LogP contribution in [0.3, 0.4) is 0 Å². The molecule has 5 heteroatoms. The van der Waals surface area contributed by atoms with Crippen LogP contribution in [0, 0.1) is 6.92 Å². The van der Waals surface area contributed by atoms with E-state index in [4.69, 9.17) is 11.6 Å². The molecule has 0 N–H and O–H groups in total. The summed E-state index contributed by atoms with van der Waals surface area (Å²) in [5, 5.41) is 10.5. The van der Waals surface area contributed by atoms with Crippen LogP contribution in [-0.2, 0) is 0 Å². The Morgan fingerprint density at radius 3 is 2.67 bits per heavy atom. The van der Waals surface area contributed by atoms with Crippen molar-refractivity contribution in [3.05, 3.63) is 5.01 Å². The van der Waals surface area contributed by atoms with E-state index in [2.05, 4.69) is 22.1 Å². The Kier molecular flexibility index (Phi) is 3.46. The summed E-state index contributed by atoms with van der Waals surface area (Å²) in [6.07, 6.45) is 4.82. The molecule has 2 atom stereocenters. The second kappa shape index (κ2) is 4.66. The average Bonchev–Trinajstić information content (AvgIpc) is 2.65. The summed E-state index contributed by atoms with van der Waals surface area (Å²) < 4.78 is 0. The van der Waals surface area contributed by atoms with Crippen molar-refractivity contribution in [3.8, 4) is 0 Å². The quantitative estimate of drug-likeness (QED) is 0.751. The number of aryl methyl sites for hydroxylation is 1. The summed E-state index contributed by atoms with van der Waals surface area (Å²) in [6, 6.07) is 0.424. The number of hydrogen-bond donors (Lipinski definition) is 0. The molecule has 1 heterocycles. The third-order valence-corrected chi connectivity index (χ3v) is 4.40. The van der Waals surface area contributed by atoms with Gasteiger partial charge in [0.15, 0.2) is 0 Å². The van der Waals surface area contributed by atoms with Gasteiger partial charge in [0.1, 0.15) is 5.01 Å². The predicted octanol–water partition coefficient (Wildman–Crippen LogP) is 2.83. The van der Waals surface area contributed by atoms with Crippen LogP contribution in [0.5, 0.6) is 0 Å². The Labute approximate surface area is 99.5 Å². The minimum Gasteiger partial charge on any atom is -0.345 e. The highest BCUT2D eigenvalue weighted by molar-refractivity contribution is 7.15. The van der Waals surface area contributed by atoms with Crippen LogP contribution in [0.15, 0.2) is 0 Å². The Hall–Kier alpha value is -0.350. The largest absolute Gasteiger partial charge is 0.345 e. The molecule has 0 aliphatic heterocycles. The highest BCUT2D eigenvalue weighted by Gasteiger charge is 2.28. The minimum absolute atomic E-state index is 0.257. The molecule has 0 amide bonds. The monoisotopic (exact) mass is 245 g/mol. The van der Waals surface area contributed by atoms with Crippen molar-refractivity contribution in [1.82, 2.24) is 10.2 Å². The normalized spacial score (nSPS) is 26.6. The summed E-state index contributed by atoms with van der Waals surface area (Å²) >= 11 is 7.99. The van der Waals surface area contributed by atoms with E-state index in [-0.39, 0.29) is 5.38 Å². The lowest BCUT2D eigenvalue weighted by atomic mass is 9.94. The fourth-order valence-corrected chi connectivity index (χ4v) is 3.23. The van der Waals surface area contributed by atoms with Crippen molar-refractivity contribution in [2.24, 2.45) is 0 Å². The minimum atomic E-state index is 0.257. The van der Waals surface area contributed by atoms with E-state index in [9.17, 15) is 0 Å². The van der Waals surface area contributed by atoms with E-state index in [1.54, 1.807) is 11.3 Å². The Balaban J connectivity index is 2.09. The molecule has 84 valence electrons. The van der Waals surface area contributed by atoms with Crippen LogP contribution in [0.2, 0.25) is 0 Å². The topological polar surface area (TPSA) is 29.0 Å². The highest BCUT2D eigenvalue weighted by Crippen LogP contribution is 2.30. The van der Waals surface area contributed by atoms with Gasteiger partial charge in [-0.1, -0.05) is 24.2 Å². The number of hydrogen-bond acceptors (Lipinski definition) is 4. The van der Waals surface area contributed by atoms with Crippen LogP contribution >= 0.6 is 22.9 Å². The first kappa shape index (κ1) is 11.1. The molecule has 1 aromatic heterocycles. The Bertz CT molecular complexity index is 328. The summed E-state index contributed by atoms with van der Waals surface area (Å²) in [5.74, 6) is 0. The van der Waals surface area contributed by atoms with Crippen LogP contribution in [0.1, 0.15) is 30.7 Å². The molecule has 1 saturated carbocycles. The number of anilines is 1. The van der Waals surface area contributed by atoms with E-state index in [1.165, 1.54) is 19.3 Å². The molecule has 0 saturated heterocycles. The predicted molar refractivity (Wildman–Crippen MR) is 64.9 cm³/mol. The van der Waals surface area contributed by atoms with Crippen molar-refractivity contribution in [3.63, 3.8) is 0 Å². The zero-order chi connectivity index (χ0) is 10.8. The third-order valence-electron chi connectivity index (χ3n) is 2.96. The summed E-state index contributed by atoms with van der Waals surface area (Å²) in [7, 11) is 2.07. The zero-order valence-corrected chi connectivity index (χ0v) is 10.7. The molecule has 1 fully saturated rings. The molecule has 3 nitrogen and oxygen atoms in total. The lowest BCUT2D eigenvalue weighted by molar-refractivity contribution is 0.433. The fourth-order valence-electron chi connectivity index (χ4n) is 2.07. The Morgan fingerprint density at radius 2 is 2.07 bits per heavy atom. The zero-order valence-electron chi connectivity index (χ0n) is 9.11. The second-order valence-corrected chi connectivity index (χ2v) is 5.80. The lowest BCUT2D eigenvalue weighted by Gasteiger charge is -2.34. The molecule has 0 radical (unpaired) electrons. The van der Waals surface area contributed by atoms with Gasteiger partial charge in [0, 0.05) is 13.1 Å². The van der Waals surface area contributed by atoms with E-state index >= 15 is 0 Å². The number of aromatic nitrogens is 2. The van der Waals surface area contributed by atoms with Crippen LogP contribution in [0.4, 0.5) is 5.13 Å². The lowest BCUT2D eigenvalue weighted by Crippen LogP contribution is -2.40. The van der Waals surface area contributed by atoms with Gasteiger partial charge >= 0.3 is 0 Å². The van der Waals surface area contributed by atoms with Gasteiger partial charge in [0.05, 0.1) is 5.38 Å². The van der Waals surface area contributed by atoms with E-state index in [1.807, 2.05) is 6.92 Å². The SMILES string of the molecule is Cc1nnc(N(C)C2CCCCC2Cl)s1. The third kappa shape index (κ3) is 2.42. The first-order valence-corrected chi connectivity index (χ1v) is 6.61. The molecule has 0 aromatic carbocycles. The highest BCUT2D eigenvalue weighted by atomic mass is 35.5. The molecule has 1 aliphatic rings. The molecule has 2 rings (SSSR count). The number of alkyl halides is 1. The van der Waals surface area contributed by atoms with E-state index in [0.29, 0.717) is 6.04 Å². The molecular weight excluding hydrogens is 230 g/mol. The van der Waals surface area contributed by atoms with Crippen molar-refractivity contribution in [2.75, 3.05) is 11.9 Å². The number of nitrogens with zero attached hydrogens (tertiary/aromatic N) is 3. The molecule has 15 heavy (non-hydrogen) atoms. The van der Waals surface area contributed by atoms with E-state index < -0.39 is 0 Å². The number of rotatable bonds is 2. The maximum Gasteiger partial charge on any atom is 0.208 e. The number of halogens is 1. The molecule has 2 unspecified atom stereocenters. The van der Waals surface area contributed by atoms with Crippen LogP contribution in [0.25, 0.3) is 0 Å². The molecule has 0 bridgehead atoms. The van der Waals surface area contributed by atoms with Crippen LogP contribution in [-0.4, -0.2) is 28.7 Å². The van der Waals surface area contributed by atoms with Gasteiger partial charge in [-0.25, -0.2) is 0 Å². The van der Waals surface area contributed by atoms with Crippen molar-refractivity contribution < 1.29 is 0 Å². The van der Waals surface area contributed by atoms with Gasteiger partial charge in [0.25, 0.3) is 0 Å². The Morgan fingerprint density at radius 1 is 1.33 bits per heavy atom.